The van der Waals surface area contributed by atoms with E-state index >= 15 is 0 Å². The second-order valence-corrected chi connectivity index (χ2v) is 6.75. The Kier molecular flexibility index (Phi) is 7.60. The summed E-state index contributed by atoms with van der Waals surface area (Å²) in [6.45, 7) is 4.56. The van der Waals surface area contributed by atoms with E-state index in [4.69, 9.17) is 4.74 Å². The van der Waals surface area contributed by atoms with Gasteiger partial charge in [0.05, 0.1) is 12.0 Å². The predicted octanol–water partition coefficient (Wildman–Crippen LogP) is 3.40. The van der Waals surface area contributed by atoms with Crippen molar-refractivity contribution in [1.29, 1.82) is 0 Å². The molecule has 0 fully saturated rings. The van der Waals surface area contributed by atoms with Gasteiger partial charge in [0, 0.05) is 19.6 Å². The fourth-order valence-electron chi connectivity index (χ4n) is 2.77. The number of hydrogen-bond acceptors (Lipinski definition) is 3. The number of carboxylic acids is 1. The first-order chi connectivity index (χ1) is 12.5. The Morgan fingerprint density at radius 1 is 1.12 bits per heavy atom. The highest BCUT2D eigenvalue weighted by molar-refractivity contribution is 5.83. The zero-order valence-corrected chi connectivity index (χ0v) is 15.4. The van der Waals surface area contributed by atoms with Gasteiger partial charge < -0.3 is 15.2 Å². The van der Waals surface area contributed by atoms with Crippen LogP contribution in [0.4, 0.5) is 0 Å². The van der Waals surface area contributed by atoms with Gasteiger partial charge in [-0.2, -0.15) is 0 Å². The largest absolute Gasteiger partial charge is 0.481 e. The third-order valence-electron chi connectivity index (χ3n) is 4.19. The molecule has 0 spiro atoms. The molecule has 0 radical (unpaired) electrons. The molecule has 5 heteroatoms. The zero-order chi connectivity index (χ0) is 18.9. The molecule has 2 rings (SSSR count). The molecule has 0 aliphatic heterocycles. The summed E-state index contributed by atoms with van der Waals surface area (Å²) in [5.41, 5.74) is 0.954. The Balaban J connectivity index is 1.85. The van der Waals surface area contributed by atoms with Crippen molar-refractivity contribution >= 4 is 22.6 Å². The molecule has 0 aliphatic carbocycles. The van der Waals surface area contributed by atoms with Crippen LogP contribution >= 0.6 is 0 Å². The van der Waals surface area contributed by atoms with E-state index < -0.39 is 11.9 Å². The number of nitrogens with one attached hydrogen (secondary N) is 1. The van der Waals surface area contributed by atoms with Crippen LogP contribution in [0.1, 0.15) is 32.3 Å². The molecule has 0 saturated carbocycles. The van der Waals surface area contributed by atoms with Crippen LogP contribution in [0.2, 0.25) is 0 Å². The van der Waals surface area contributed by atoms with Crippen molar-refractivity contribution < 1.29 is 19.4 Å². The number of amides is 1. The van der Waals surface area contributed by atoms with Gasteiger partial charge in [-0.15, -0.1) is 0 Å². The first-order valence-corrected chi connectivity index (χ1v) is 9.04. The van der Waals surface area contributed by atoms with Crippen LogP contribution in [-0.2, 0) is 20.7 Å². The average Bonchev–Trinajstić information content (AvgIpc) is 2.61. The Hall–Kier alpha value is -2.40. The lowest BCUT2D eigenvalue weighted by atomic mass is 9.97. The van der Waals surface area contributed by atoms with E-state index in [1.54, 1.807) is 0 Å². The minimum atomic E-state index is -0.901. The first-order valence-electron chi connectivity index (χ1n) is 9.04. The molecule has 5 nitrogen and oxygen atoms in total. The molecular formula is C21H27NO4. The number of benzene rings is 2. The third-order valence-corrected chi connectivity index (χ3v) is 4.19. The molecule has 2 aromatic carbocycles. The van der Waals surface area contributed by atoms with Gasteiger partial charge in [0.15, 0.2) is 0 Å². The van der Waals surface area contributed by atoms with E-state index in [9.17, 15) is 14.7 Å². The zero-order valence-electron chi connectivity index (χ0n) is 15.4. The first kappa shape index (κ1) is 19.9. The van der Waals surface area contributed by atoms with Crippen molar-refractivity contribution in [2.75, 3.05) is 13.2 Å². The Bertz CT molecular complexity index is 742. The van der Waals surface area contributed by atoms with Crippen LogP contribution in [0.5, 0.6) is 0 Å². The highest BCUT2D eigenvalue weighted by Crippen LogP contribution is 2.18. The summed E-state index contributed by atoms with van der Waals surface area (Å²) in [6.07, 6.45) is 1.51. The van der Waals surface area contributed by atoms with Crippen LogP contribution in [0, 0.1) is 5.92 Å². The van der Waals surface area contributed by atoms with Gasteiger partial charge in [0.25, 0.3) is 0 Å². The number of hydrogen-bond donors (Lipinski definition) is 2. The summed E-state index contributed by atoms with van der Waals surface area (Å²) in [4.78, 5) is 23.4. The molecule has 2 aromatic rings. The lowest BCUT2D eigenvalue weighted by Crippen LogP contribution is -2.34. The smallest absolute Gasteiger partial charge is 0.308 e. The number of carbonyl (C=O) groups is 2. The van der Waals surface area contributed by atoms with Gasteiger partial charge in [-0.1, -0.05) is 42.5 Å². The van der Waals surface area contributed by atoms with Crippen LogP contribution < -0.4 is 5.32 Å². The van der Waals surface area contributed by atoms with Crippen LogP contribution in [0.3, 0.4) is 0 Å². The van der Waals surface area contributed by atoms with Gasteiger partial charge in [-0.25, -0.2) is 0 Å². The van der Waals surface area contributed by atoms with E-state index in [1.807, 2.05) is 56.3 Å². The van der Waals surface area contributed by atoms with Gasteiger partial charge in [0.2, 0.25) is 5.91 Å². The van der Waals surface area contributed by atoms with E-state index in [-0.39, 0.29) is 18.6 Å². The lowest BCUT2D eigenvalue weighted by Gasteiger charge is -2.14. The number of fused-ring (bicyclic) bond motifs is 1. The van der Waals surface area contributed by atoms with Crippen LogP contribution in [0.25, 0.3) is 10.8 Å². The highest BCUT2D eigenvalue weighted by atomic mass is 16.5. The molecule has 0 heterocycles. The Labute approximate surface area is 154 Å². The van der Waals surface area contributed by atoms with Crippen molar-refractivity contribution in [2.24, 2.45) is 5.92 Å². The minimum Gasteiger partial charge on any atom is -0.481 e. The fraction of sp³-hybridized carbons (Fsp3) is 0.429. The van der Waals surface area contributed by atoms with Crippen molar-refractivity contribution in [3.8, 4) is 0 Å². The SMILES string of the molecule is CC(C)OCCCC(=O)NCC(Cc1ccc2ccccc2c1)C(=O)O. The molecule has 0 bridgehead atoms. The molecular weight excluding hydrogens is 330 g/mol. The fourth-order valence-corrected chi connectivity index (χ4v) is 2.77. The normalized spacial score (nSPS) is 12.3. The molecule has 1 amide bonds. The Morgan fingerprint density at radius 3 is 2.54 bits per heavy atom. The van der Waals surface area contributed by atoms with Crippen LogP contribution in [0.15, 0.2) is 42.5 Å². The summed E-state index contributed by atoms with van der Waals surface area (Å²) >= 11 is 0. The number of carboxylic acid groups (broad SMARTS) is 1. The maximum atomic E-state index is 11.9. The maximum absolute atomic E-state index is 11.9. The maximum Gasteiger partial charge on any atom is 0.308 e. The molecule has 0 saturated heterocycles. The third kappa shape index (κ3) is 6.48. The number of rotatable bonds is 10. The van der Waals surface area contributed by atoms with Crippen LogP contribution in [-0.4, -0.2) is 36.2 Å². The van der Waals surface area contributed by atoms with Crippen molar-refractivity contribution in [3.63, 3.8) is 0 Å². The Morgan fingerprint density at radius 2 is 1.85 bits per heavy atom. The molecule has 1 unspecified atom stereocenters. The standard InChI is InChI=1S/C21H27NO4/c1-15(2)26-11-5-8-20(23)22-14-19(21(24)25)13-16-9-10-17-6-3-4-7-18(17)12-16/h3-4,6-7,9-10,12,15,19H,5,8,11,13-14H2,1-2H3,(H,22,23)(H,24,25). The topological polar surface area (TPSA) is 75.6 Å². The molecule has 0 aromatic heterocycles. The quantitative estimate of drug-likeness (QED) is 0.639. The van der Waals surface area contributed by atoms with E-state index in [0.29, 0.717) is 25.9 Å². The summed E-state index contributed by atoms with van der Waals surface area (Å²) in [7, 11) is 0. The van der Waals surface area contributed by atoms with E-state index in [0.717, 1.165) is 16.3 Å². The second-order valence-electron chi connectivity index (χ2n) is 6.75. The molecule has 140 valence electrons. The average molecular weight is 357 g/mol. The summed E-state index contributed by atoms with van der Waals surface area (Å²) < 4.78 is 5.40. The van der Waals surface area contributed by atoms with Gasteiger partial charge in [-0.05, 0) is 43.0 Å². The monoisotopic (exact) mass is 357 g/mol. The molecule has 2 N–H and O–H groups in total. The van der Waals surface area contributed by atoms with Crippen molar-refractivity contribution in [2.45, 2.75) is 39.2 Å². The van der Waals surface area contributed by atoms with Gasteiger partial charge >= 0.3 is 5.97 Å². The summed E-state index contributed by atoms with van der Waals surface area (Å²) in [5, 5.41) is 14.4. The molecule has 1 atom stereocenters. The predicted molar refractivity (Wildman–Crippen MR) is 102 cm³/mol. The van der Waals surface area contributed by atoms with Crippen molar-refractivity contribution in [3.05, 3.63) is 48.0 Å². The van der Waals surface area contributed by atoms with E-state index in [2.05, 4.69) is 5.32 Å². The van der Waals surface area contributed by atoms with Gasteiger partial charge in [-0.3, -0.25) is 9.59 Å². The number of ether oxygens (including phenoxy) is 1. The summed E-state index contributed by atoms with van der Waals surface area (Å²) in [6, 6.07) is 13.9. The van der Waals surface area contributed by atoms with Crippen molar-refractivity contribution in [1.82, 2.24) is 5.32 Å². The second kappa shape index (κ2) is 9.92. The highest BCUT2D eigenvalue weighted by Gasteiger charge is 2.19. The number of aliphatic carboxylic acids is 1. The minimum absolute atomic E-state index is 0.131. The van der Waals surface area contributed by atoms with Gasteiger partial charge in [0.1, 0.15) is 0 Å². The molecule has 26 heavy (non-hydrogen) atoms. The summed E-state index contributed by atoms with van der Waals surface area (Å²) in [5.74, 6) is -1.68. The lowest BCUT2D eigenvalue weighted by molar-refractivity contribution is -0.141. The molecule has 0 aliphatic rings. The number of carbonyl (C=O) groups excluding carboxylic acids is 1. The van der Waals surface area contributed by atoms with E-state index in [1.165, 1.54) is 0 Å².